The summed E-state index contributed by atoms with van der Waals surface area (Å²) in [5, 5.41) is 2.88. The quantitative estimate of drug-likeness (QED) is 0.537. The highest BCUT2D eigenvalue weighted by Gasteiger charge is 2.40. The van der Waals surface area contributed by atoms with Crippen molar-refractivity contribution in [2.75, 3.05) is 10.2 Å². The lowest BCUT2D eigenvalue weighted by atomic mass is 10.0. The number of anilines is 2. The van der Waals surface area contributed by atoms with Gasteiger partial charge in [0.25, 0.3) is 11.8 Å². The lowest BCUT2D eigenvalue weighted by Gasteiger charge is -2.16. The topological polar surface area (TPSA) is 49.4 Å². The molecule has 31 heavy (non-hydrogen) atoms. The number of nitrogens with one attached hydrogen (secondary N) is 1. The zero-order valence-electron chi connectivity index (χ0n) is 16.7. The van der Waals surface area contributed by atoms with Crippen LogP contribution in [0.25, 0.3) is 5.57 Å². The van der Waals surface area contributed by atoms with Gasteiger partial charge in [0.2, 0.25) is 0 Å². The monoisotopic (exact) mass is 438 g/mol. The Bertz CT molecular complexity index is 1250. The molecule has 0 aliphatic carbocycles. The maximum atomic E-state index is 13.6. The van der Waals surface area contributed by atoms with E-state index in [1.807, 2.05) is 32.0 Å². The SMILES string of the molecule is Cc1ccc(C)c(NC2=C(c3ccc(F)cc3)C(=O)N(c3ccc(F)c(Cl)c3)C2=O)c1. The first-order chi connectivity index (χ1) is 14.8. The molecule has 4 rings (SSSR count). The van der Waals surface area contributed by atoms with E-state index in [9.17, 15) is 18.4 Å². The van der Waals surface area contributed by atoms with Gasteiger partial charge in [0.05, 0.1) is 16.3 Å². The van der Waals surface area contributed by atoms with Crippen LogP contribution in [0.2, 0.25) is 5.02 Å². The molecule has 4 nitrogen and oxygen atoms in total. The molecular formula is C24H17ClF2N2O2. The standard InChI is InChI=1S/C24H17ClF2N2O2/c1-13-3-4-14(2)20(11-13)28-22-21(15-5-7-16(26)8-6-15)23(30)29(24(22)31)17-9-10-19(27)18(25)12-17/h3-12,28H,1-2H3. The van der Waals surface area contributed by atoms with E-state index in [0.29, 0.717) is 11.3 Å². The molecule has 3 aromatic carbocycles. The lowest BCUT2D eigenvalue weighted by Crippen LogP contribution is -2.32. The maximum Gasteiger partial charge on any atom is 0.282 e. The lowest BCUT2D eigenvalue weighted by molar-refractivity contribution is -0.120. The summed E-state index contributed by atoms with van der Waals surface area (Å²) in [5.41, 5.74) is 3.16. The smallest absolute Gasteiger partial charge is 0.282 e. The fraction of sp³-hybridized carbons (Fsp3) is 0.0833. The summed E-state index contributed by atoms with van der Waals surface area (Å²) in [4.78, 5) is 27.6. The van der Waals surface area contributed by atoms with Gasteiger partial charge in [-0.3, -0.25) is 9.59 Å². The minimum atomic E-state index is -0.662. The Hall–Kier alpha value is -3.51. The van der Waals surface area contributed by atoms with Crippen molar-refractivity contribution in [1.29, 1.82) is 0 Å². The van der Waals surface area contributed by atoms with Crippen LogP contribution >= 0.6 is 11.6 Å². The zero-order valence-corrected chi connectivity index (χ0v) is 17.4. The molecule has 0 fully saturated rings. The van der Waals surface area contributed by atoms with Crippen LogP contribution in [0.3, 0.4) is 0 Å². The number of benzene rings is 3. The Labute approximate surface area is 182 Å². The number of carbonyl (C=O) groups excluding carboxylic acids is 2. The maximum absolute atomic E-state index is 13.6. The Kier molecular flexibility index (Phi) is 5.33. The van der Waals surface area contributed by atoms with Crippen LogP contribution in [0.4, 0.5) is 20.2 Å². The number of aryl methyl sites for hydroxylation is 2. The third-order valence-electron chi connectivity index (χ3n) is 5.03. The van der Waals surface area contributed by atoms with E-state index in [0.717, 1.165) is 22.1 Å². The fourth-order valence-electron chi connectivity index (χ4n) is 3.39. The minimum Gasteiger partial charge on any atom is -0.350 e. The Balaban J connectivity index is 1.85. The van der Waals surface area contributed by atoms with Crippen LogP contribution in [-0.4, -0.2) is 11.8 Å². The van der Waals surface area contributed by atoms with Crippen molar-refractivity contribution in [1.82, 2.24) is 0 Å². The number of hydrogen-bond donors (Lipinski definition) is 1. The van der Waals surface area contributed by atoms with Crippen LogP contribution in [0.1, 0.15) is 16.7 Å². The number of imide groups is 1. The van der Waals surface area contributed by atoms with Crippen LogP contribution in [0, 0.1) is 25.5 Å². The number of hydrogen-bond acceptors (Lipinski definition) is 3. The third kappa shape index (κ3) is 3.82. The van der Waals surface area contributed by atoms with E-state index in [-0.39, 0.29) is 22.0 Å². The molecule has 3 aromatic rings. The van der Waals surface area contributed by atoms with Crippen LogP contribution in [-0.2, 0) is 9.59 Å². The van der Waals surface area contributed by atoms with Gasteiger partial charge in [0.15, 0.2) is 0 Å². The average Bonchev–Trinajstić information content (AvgIpc) is 2.97. The molecule has 0 radical (unpaired) electrons. The van der Waals surface area contributed by atoms with Crippen molar-refractivity contribution in [2.24, 2.45) is 0 Å². The molecule has 0 atom stereocenters. The molecule has 2 amide bonds. The van der Waals surface area contributed by atoms with Crippen molar-refractivity contribution in [3.05, 3.63) is 99.7 Å². The Morgan fingerprint density at radius 2 is 1.58 bits per heavy atom. The molecule has 0 aromatic heterocycles. The predicted octanol–water partition coefficient (Wildman–Crippen LogP) is 5.63. The van der Waals surface area contributed by atoms with Gasteiger partial charge in [-0.1, -0.05) is 35.9 Å². The first kappa shape index (κ1) is 20.8. The number of carbonyl (C=O) groups is 2. The average molecular weight is 439 g/mol. The Morgan fingerprint density at radius 1 is 0.871 bits per heavy atom. The normalized spacial score (nSPS) is 13.9. The van der Waals surface area contributed by atoms with Crippen molar-refractivity contribution in [3.63, 3.8) is 0 Å². The highest BCUT2D eigenvalue weighted by Crippen LogP contribution is 2.35. The molecule has 0 unspecified atom stereocenters. The number of nitrogens with zero attached hydrogens (tertiary/aromatic N) is 1. The third-order valence-corrected chi connectivity index (χ3v) is 5.32. The molecule has 0 saturated carbocycles. The van der Waals surface area contributed by atoms with Gasteiger partial charge in [-0.05, 0) is 66.9 Å². The molecule has 1 aliphatic heterocycles. The second kappa shape index (κ2) is 7.96. The van der Waals surface area contributed by atoms with E-state index < -0.39 is 23.4 Å². The summed E-state index contributed by atoms with van der Waals surface area (Å²) < 4.78 is 27.1. The summed E-state index contributed by atoms with van der Waals surface area (Å²) >= 11 is 5.87. The largest absolute Gasteiger partial charge is 0.350 e. The summed E-state index contributed by atoms with van der Waals surface area (Å²) in [7, 11) is 0. The van der Waals surface area contributed by atoms with Crippen molar-refractivity contribution >= 4 is 40.4 Å². The molecule has 7 heteroatoms. The van der Waals surface area contributed by atoms with Crippen LogP contribution in [0.15, 0.2) is 66.4 Å². The number of halogens is 3. The highest BCUT2D eigenvalue weighted by molar-refractivity contribution is 6.46. The number of amides is 2. The summed E-state index contributed by atoms with van der Waals surface area (Å²) in [6, 6.07) is 14.6. The van der Waals surface area contributed by atoms with Gasteiger partial charge in [-0.15, -0.1) is 0 Å². The molecule has 0 bridgehead atoms. The first-order valence-electron chi connectivity index (χ1n) is 9.44. The fourth-order valence-corrected chi connectivity index (χ4v) is 3.57. The zero-order chi connectivity index (χ0) is 22.3. The predicted molar refractivity (Wildman–Crippen MR) is 117 cm³/mol. The van der Waals surface area contributed by atoms with Gasteiger partial charge in [0, 0.05) is 5.69 Å². The second-order valence-electron chi connectivity index (χ2n) is 7.24. The molecule has 156 valence electrons. The molecule has 0 saturated heterocycles. The molecular weight excluding hydrogens is 422 g/mol. The van der Waals surface area contributed by atoms with Crippen LogP contribution < -0.4 is 10.2 Å². The van der Waals surface area contributed by atoms with Crippen molar-refractivity contribution < 1.29 is 18.4 Å². The van der Waals surface area contributed by atoms with E-state index in [2.05, 4.69) is 5.32 Å². The minimum absolute atomic E-state index is 0.0470. The van der Waals surface area contributed by atoms with Crippen molar-refractivity contribution in [3.8, 4) is 0 Å². The van der Waals surface area contributed by atoms with Crippen molar-refractivity contribution in [2.45, 2.75) is 13.8 Å². The summed E-state index contributed by atoms with van der Waals surface area (Å²) in [6.45, 7) is 3.78. The van der Waals surface area contributed by atoms with Gasteiger partial charge in [0.1, 0.15) is 17.3 Å². The van der Waals surface area contributed by atoms with E-state index >= 15 is 0 Å². The Morgan fingerprint density at radius 3 is 2.26 bits per heavy atom. The summed E-state index contributed by atoms with van der Waals surface area (Å²) in [6.07, 6.45) is 0. The molecule has 0 spiro atoms. The van der Waals surface area contributed by atoms with E-state index in [1.54, 1.807) is 0 Å². The highest BCUT2D eigenvalue weighted by atomic mass is 35.5. The first-order valence-corrected chi connectivity index (χ1v) is 9.82. The van der Waals surface area contributed by atoms with Gasteiger partial charge in [-0.2, -0.15) is 0 Å². The molecule has 1 aliphatic rings. The van der Waals surface area contributed by atoms with Crippen LogP contribution in [0.5, 0.6) is 0 Å². The van der Waals surface area contributed by atoms with Gasteiger partial charge < -0.3 is 5.32 Å². The van der Waals surface area contributed by atoms with Gasteiger partial charge in [-0.25, -0.2) is 13.7 Å². The summed E-state index contributed by atoms with van der Waals surface area (Å²) in [5.74, 6) is -2.36. The van der Waals surface area contributed by atoms with E-state index in [4.69, 9.17) is 11.6 Å². The molecule has 1 N–H and O–H groups in total. The second-order valence-corrected chi connectivity index (χ2v) is 7.65. The van der Waals surface area contributed by atoms with E-state index in [1.165, 1.54) is 36.4 Å². The van der Waals surface area contributed by atoms with Gasteiger partial charge >= 0.3 is 0 Å². The number of rotatable bonds is 4. The molecule has 1 heterocycles.